The second-order valence-electron chi connectivity index (χ2n) is 5.34. The number of nitrogen functional groups attached to an aromatic ring is 1. The third-order valence-corrected chi connectivity index (χ3v) is 3.91. The summed E-state index contributed by atoms with van der Waals surface area (Å²) in [7, 11) is 0. The van der Waals surface area contributed by atoms with E-state index in [1.807, 2.05) is 24.3 Å². The predicted molar refractivity (Wildman–Crippen MR) is 90.5 cm³/mol. The van der Waals surface area contributed by atoms with Gasteiger partial charge in [-0.25, -0.2) is 9.97 Å². The number of nitrogens with zero attached hydrogens (tertiary/aromatic N) is 5. The number of hydrogen-bond donors (Lipinski definition) is 2. The van der Waals surface area contributed by atoms with Crippen LogP contribution in [0, 0.1) is 0 Å². The monoisotopic (exact) mass is 315 g/mol. The van der Waals surface area contributed by atoms with E-state index in [2.05, 4.69) is 29.9 Å². The summed E-state index contributed by atoms with van der Waals surface area (Å²) in [5, 5.41) is 1.58. The first kappa shape index (κ1) is 12.8. The number of nitrogens with two attached hydrogens (primary N) is 1. The van der Waals surface area contributed by atoms with E-state index in [9.17, 15) is 4.79 Å². The average Bonchev–Trinajstić information content (AvgIpc) is 2.61. The maximum absolute atomic E-state index is 12.1. The zero-order chi connectivity index (χ0) is 16.3. The summed E-state index contributed by atoms with van der Waals surface area (Å²) in [4.78, 5) is 36.6. The van der Waals surface area contributed by atoms with Crippen LogP contribution in [0.15, 0.2) is 41.5 Å². The van der Waals surface area contributed by atoms with Crippen molar-refractivity contribution in [2.24, 2.45) is 0 Å². The van der Waals surface area contributed by atoms with Gasteiger partial charge in [-0.05, 0) is 24.3 Å². The largest absolute Gasteiger partial charge is 0.369 e. The Morgan fingerprint density at radius 3 is 2.08 bits per heavy atom. The lowest BCUT2D eigenvalue weighted by Gasteiger charge is -2.08. The molecule has 8 heteroatoms. The number of pyridine rings is 2. The van der Waals surface area contributed by atoms with Crippen LogP contribution in [0.4, 0.5) is 5.95 Å². The van der Waals surface area contributed by atoms with Crippen molar-refractivity contribution in [3.05, 3.63) is 47.0 Å². The second-order valence-corrected chi connectivity index (χ2v) is 5.34. The molecule has 0 unspecified atom stereocenters. The van der Waals surface area contributed by atoms with Crippen LogP contribution in [0.5, 0.6) is 0 Å². The van der Waals surface area contributed by atoms with Crippen LogP contribution in [0.2, 0.25) is 0 Å². The van der Waals surface area contributed by atoms with Gasteiger partial charge in [0.05, 0.1) is 16.6 Å². The van der Waals surface area contributed by atoms with Crippen molar-refractivity contribution in [3.63, 3.8) is 0 Å². The minimum atomic E-state index is -0.421. The number of fused-ring (bicyclic) bond motifs is 7. The summed E-state index contributed by atoms with van der Waals surface area (Å²) in [5.41, 5.74) is 8.19. The lowest BCUT2D eigenvalue weighted by Crippen LogP contribution is -2.13. The van der Waals surface area contributed by atoms with E-state index in [-0.39, 0.29) is 17.1 Å². The Balaban J connectivity index is 2.16. The maximum atomic E-state index is 12.1. The summed E-state index contributed by atoms with van der Waals surface area (Å²) in [6, 6.07) is 7.42. The molecule has 5 aromatic rings. The number of H-pyrrole nitrogens is 1. The molecule has 0 spiro atoms. The standard InChI is InChI=1S/C16H9N7O/c17-16-22-14-13(15(24)23-16)20-11-7-3-1-5-18-9(7)10-8(12(11)21-14)4-2-6-19-10/h1-6H,(H3,17,21,22,23,24). The number of benzene rings is 1. The molecule has 0 amide bonds. The zero-order valence-electron chi connectivity index (χ0n) is 12.2. The molecule has 114 valence electrons. The Morgan fingerprint density at radius 2 is 1.42 bits per heavy atom. The average molecular weight is 315 g/mol. The first-order valence-electron chi connectivity index (χ1n) is 7.21. The normalized spacial score (nSPS) is 11.7. The van der Waals surface area contributed by atoms with Crippen molar-refractivity contribution in [2.75, 3.05) is 5.73 Å². The predicted octanol–water partition coefficient (Wildman–Crippen LogP) is 1.54. The van der Waals surface area contributed by atoms with E-state index >= 15 is 0 Å². The van der Waals surface area contributed by atoms with Crippen LogP contribution < -0.4 is 11.3 Å². The van der Waals surface area contributed by atoms with Crippen LogP contribution in [0.3, 0.4) is 0 Å². The van der Waals surface area contributed by atoms with Crippen molar-refractivity contribution in [1.29, 1.82) is 0 Å². The Kier molecular flexibility index (Phi) is 2.36. The SMILES string of the molecule is Nc1nc2nc3c4cccnc4c4ncccc4c3nc2c(=O)[nH]1. The van der Waals surface area contributed by atoms with Crippen molar-refractivity contribution < 1.29 is 0 Å². The molecule has 0 radical (unpaired) electrons. The smallest absolute Gasteiger partial charge is 0.280 e. The molecule has 3 N–H and O–H groups in total. The van der Waals surface area contributed by atoms with Crippen LogP contribution in [-0.2, 0) is 0 Å². The van der Waals surface area contributed by atoms with Crippen LogP contribution in [0.25, 0.3) is 44.0 Å². The molecule has 24 heavy (non-hydrogen) atoms. The van der Waals surface area contributed by atoms with E-state index in [1.165, 1.54) is 0 Å². The molecular weight excluding hydrogens is 306 g/mol. The third-order valence-electron chi connectivity index (χ3n) is 3.91. The zero-order valence-corrected chi connectivity index (χ0v) is 12.2. The lowest BCUT2D eigenvalue weighted by atomic mass is 10.1. The van der Waals surface area contributed by atoms with Gasteiger partial charge < -0.3 is 5.73 Å². The Hall–Kier alpha value is -3.68. The van der Waals surface area contributed by atoms with Gasteiger partial charge in [-0.3, -0.25) is 19.7 Å². The number of rotatable bonds is 0. The number of nitrogens with one attached hydrogen (secondary N) is 1. The van der Waals surface area contributed by atoms with E-state index in [0.29, 0.717) is 16.6 Å². The molecule has 0 fully saturated rings. The molecule has 0 bridgehead atoms. The summed E-state index contributed by atoms with van der Waals surface area (Å²) < 4.78 is 0. The van der Waals surface area contributed by atoms with Crippen LogP contribution >= 0.6 is 0 Å². The molecule has 1 aromatic carbocycles. The summed E-state index contributed by atoms with van der Waals surface area (Å²) in [6.45, 7) is 0. The second kappa shape index (κ2) is 4.42. The van der Waals surface area contributed by atoms with Crippen molar-refractivity contribution in [3.8, 4) is 0 Å². The highest BCUT2D eigenvalue weighted by Crippen LogP contribution is 2.30. The van der Waals surface area contributed by atoms with Gasteiger partial charge in [-0.2, -0.15) is 4.98 Å². The lowest BCUT2D eigenvalue weighted by molar-refractivity contribution is 1.15. The Labute approximate surface area is 133 Å². The summed E-state index contributed by atoms with van der Waals surface area (Å²) >= 11 is 0. The minimum absolute atomic E-state index is 0.00559. The highest BCUT2D eigenvalue weighted by Gasteiger charge is 2.15. The van der Waals surface area contributed by atoms with Gasteiger partial charge in [-0.1, -0.05) is 0 Å². The maximum Gasteiger partial charge on any atom is 0.280 e. The fraction of sp³-hybridized carbons (Fsp3) is 0. The molecule has 0 saturated carbocycles. The third kappa shape index (κ3) is 1.62. The van der Waals surface area contributed by atoms with Gasteiger partial charge in [0.1, 0.15) is 5.52 Å². The van der Waals surface area contributed by atoms with E-state index in [4.69, 9.17) is 5.73 Å². The van der Waals surface area contributed by atoms with Crippen molar-refractivity contribution in [2.45, 2.75) is 0 Å². The van der Waals surface area contributed by atoms with E-state index in [0.717, 1.165) is 16.3 Å². The quantitative estimate of drug-likeness (QED) is 0.328. The van der Waals surface area contributed by atoms with E-state index < -0.39 is 5.56 Å². The number of aromatic amines is 1. The van der Waals surface area contributed by atoms with Gasteiger partial charge >= 0.3 is 0 Å². The van der Waals surface area contributed by atoms with Crippen molar-refractivity contribution in [1.82, 2.24) is 29.9 Å². The van der Waals surface area contributed by atoms with Gasteiger partial charge in [0.15, 0.2) is 11.2 Å². The number of aromatic nitrogens is 6. The van der Waals surface area contributed by atoms with Crippen LogP contribution in [-0.4, -0.2) is 29.9 Å². The molecule has 0 aliphatic heterocycles. The summed E-state index contributed by atoms with van der Waals surface area (Å²) in [5.74, 6) is 0.00559. The van der Waals surface area contributed by atoms with Gasteiger partial charge in [0, 0.05) is 23.2 Å². The number of hydrogen-bond acceptors (Lipinski definition) is 7. The van der Waals surface area contributed by atoms with Crippen LogP contribution in [0.1, 0.15) is 0 Å². The van der Waals surface area contributed by atoms with Gasteiger partial charge in [0.2, 0.25) is 5.95 Å². The van der Waals surface area contributed by atoms with Gasteiger partial charge in [-0.15, -0.1) is 0 Å². The first-order valence-corrected chi connectivity index (χ1v) is 7.21. The summed E-state index contributed by atoms with van der Waals surface area (Å²) in [6.07, 6.45) is 3.41. The molecule has 0 atom stereocenters. The van der Waals surface area contributed by atoms with Gasteiger partial charge in [0.25, 0.3) is 5.56 Å². The molecular formula is C16H9N7O. The number of anilines is 1. The molecule has 8 nitrogen and oxygen atoms in total. The molecule has 0 saturated heterocycles. The molecule has 4 heterocycles. The first-order chi connectivity index (χ1) is 11.7. The molecule has 0 aliphatic carbocycles. The fourth-order valence-electron chi connectivity index (χ4n) is 2.92. The molecule has 0 aliphatic rings. The Bertz CT molecular complexity index is 1340. The fourth-order valence-corrected chi connectivity index (χ4v) is 2.92. The Morgan fingerprint density at radius 1 is 0.792 bits per heavy atom. The minimum Gasteiger partial charge on any atom is -0.369 e. The highest BCUT2D eigenvalue weighted by molar-refractivity contribution is 6.21. The topological polar surface area (TPSA) is 123 Å². The van der Waals surface area contributed by atoms with Crippen molar-refractivity contribution >= 4 is 50.0 Å². The molecule has 5 rings (SSSR count). The molecule has 4 aromatic heterocycles. The highest BCUT2D eigenvalue weighted by atomic mass is 16.1. The van der Waals surface area contributed by atoms with E-state index in [1.54, 1.807) is 12.4 Å².